The van der Waals surface area contributed by atoms with Crippen molar-refractivity contribution in [3.63, 3.8) is 0 Å². The summed E-state index contributed by atoms with van der Waals surface area (Å²) in [6, 6.07) is 19.3. The van der Waals surface area contributed by atoms with E-state index >= 15 is 0 Å². The number of nitrogens with zero attached hydrogens (tertiary/aromatic N) is 2. The van der Waals surface area contributed by atoms with E-state index in [9.17, 15) is 21.6 Å². The van der Waals surface area contributed by atoms with Gasteiger partial charge in [-0.15, -0.1) is 0 Å². The van der Waals surface area contributed by atoms with E-state index in [4.69, 9.17) is 4.74 Å². The first-order valence-corrected chi connectivity index (χ1v) is 11.7. The van der Waals surface area contributed by atoms with E-state index in [1.54, 1.807) is 12.1 Å². The molecule has 9 heteroatoms. The van der Waals surface area contributed by atoms with E-state index in [2.05, 4.69) is 4.98 Å². The van der Waals surface area contributed by atoms with Gasteiger partial charge in [0, 0.05) is 11.8 Å². The number of hydrogen-bond acceptors (Lipinski definition) is 4. The molecule has 0 fully saturated rings. The van der Waals surface area contributed by atoms with Gasteiger partial charge in [-0.1, -0.05) is 54.6 Å². The summed E-state index contributed by atoms with van der Waals surface area (Å²) in [6.07, 6.45) is -0.787. The van der Waals surface area contributed by atoms with Crippen LogP contribution in [0.25, 0.3) is 16.8 Å². The maximum Gasteiger partial charge on any atom is 0.418 e. The highest BCUT2D eigenvalue weighted by Crippen LogP contribution is 2.34. The molecule has 1 aromatic heterocycles. The molecule has 1 heterocycles. The number of imidazole rings is 1. The molecule has 0 aliphatic heterocycles. The molecule has 3 aromatic carbocycles. The monoisotopic (exact) mass is 472 g/mol. The van der Waals surface area contributed by atoms with Gasteiger partial charge in [-0.05, 0) is 29.3 Å². The summed E-state index contributed by atoms with van der Waals surface area (Å²) in [6.45, 7) is -0.00444. The number of hydrogen-bond donors (Lipinski definition) is 0. The van der Waals surface area contributed by atoms with Crippen molar-refractivity contribution in [3.05, 3.63) is 96.4 Å². The highest BCUT2D eigenvalue weighted by Gasteiger charge is 2.33. The molecule has 170 valence electrons. The number of rotatable bonds is 6. The van der Waals surface area contributed by atoms with Gasteiger partial charge < -0.3 is 9.30 Å². The minimum atomic E-state index is -4.51. The Morgan fingerprint density at radius 2 is 1.67 bits per heavy atom. The lowest BCUT2D eigenvalue weighted by molar-refractivity contribution is -0.137. The zero-order chi connectivity index (χ0) is 23.6. The summed E-state index contributed by atoms with van der Waals surface area (Å²) < 4.78 is 71.5. The first-order valence-electron chi connectivity index (χ1n) is 9.85. The SMILES string of the molecule is CS(=O)(=O)c1cc(COc2cn(-c3ccccc3C(F)(F)F)cn2)ccc1-c1ccccc1. The third-order valence-corrected chi connectivity index (χ3v) is 6.10. The zero-order valence-corrected chi connectivity index (χ0v) is 18.3. The highest BCUT2D eigenvalue weighted by molar-refractivity contribution is 7.90. The van der Waals surface area contributed by atoms with E-state index in [1.165, 1.54) is 41.4 Å². The molecular formula is C24H19F3N2O3S. The lowest BCUT2D eigenvalue weighted by atomic mass is 10.0. The number of ether oxygens (including phenoxy) is 1. The number of benzene rings is 3. The van der Waals surface area contributed by atoms with E-state index in [1.807, 2.05) is 30.3 Å². The Morgan fingerprint density at radius 3 is 2.36 bits per heavy atom. The number of alkyl halides is 3. The van der Waals surface area contributed by atoms with Gasteiger partial charge in [0.15, 0.2) is 9.84 Å². The van der Waals surface area contributed by atoms with Crippen LogP contribution in [0.3, 0.4) is 0 Å². The molecule has 0 bridgehead atoms. The number of halogens is 3. The van der Waals surface area contributed by atoms with E-state index in [0.717, 1.165) is 17.9 Å². The molecule has 0 aliphatic carbocycles. The summed E-state index contributed by atoms with van der Waals surface area (Å²) >= 11 is 0. The predicted octanol–water partition coefficient (Wildman–Crippen LogP) is 5.54. The Morgan fingerprint density at radius 1 is 0.970 bits per heavy atom. The van der Waals surface area contributed by atoms with Crippen molar-refractivity contribution in [3.8, 4) is 22.7 Å². The summed E-state index contributed by atoms with van der Waals surface area (Å²) in [5, 5.41) is 0. The lowest BCUT2D eigenvalue weighted by Crippen LogP contribution is -2.09. The van der Waals surface area contributed by atoms with Crippen LogP contribution in [0.2, 0.25) is 0 Å². The summed E-state index contributed by atoms with van der Waals surface area (Å²) in [5.41, 5.74) is 1.07. The van der Waals surface area contributed by atoms with Crippen molar-refractivity contribution in [1.82, 2.24) is 9.55 Å². The van der Waals surface area contributed by atoms with Crippen LogP contribution in [-0.2, 0) is 22.6 Å². The van der Waals surface area contributed by atoms with Gasteiger partial charge in [0.05, 0.1) is 22.3 Å². The second-order valence-electron chi connectivity index (χ2n) is 7.39. The van der Waals surface area contributed by atoms with Gasteiger partial charge >= 0.3 is 6.18 Å². The highest BCUT2D eigenvalue weighted by atomic mass is 32.2. The van der Waals surface area contributed by atoms with Gasteiger partial charge in [-0.2, -0.15) is 13.2 Å². The molecule has 4 rings (SSSR count). The fraction of sp³-hybridized carbons (Fsp3) is 0.125. The van der Waals surface area contributed by atoms with Crippen LogP contribution in [0.15, 0.2) is 90.2 Å². The van der Waals surface area contributed by atoms with Crippen molar-refractivity contribution in [2.24, 2.45) is 0 Å². The molecule has 5 nitrogen and oxygen atoms in total. The fourth-order valence-corrected chi connectivity index (χ4v) is 4.38. The predicted molar refractivity (Wildman–Crippen MR) is 118 cm³/mol. The van der Waals surface area contributed by atoms with Crippen molar-refractivity contribution >= 4 is 9.84 Å². The van der Waals surface area contributed by atoms with Gasteiger partial charge in [0.2, 0.25) is 5.88 Å². The summed E-state index contributed by atoms with van der Waals surface area (Å²) in [5.74, 6) is 0.111. The molecule has 0 N–H and O–H groups in total. The van der Waals surface area contributed by atoms with Crippen LogP contribution in [0.1, 0.15) is 11.1 Å². The molecular weight excluding hydrogens is 453 g/mol. The Labute approximate surface area is 189 Å². The van der Waals surface area contributed by atoms with Crippen LogP contribution in [0.5, 0.6) is 5.88 Å². The Bertz CT molecular complexity index is 1380. The Hall–Kier alpha value is -3.59. The maximum atomic E-state index is 13.3. The first-order chi connectivity index (χ1) is 15.6. The van der Waals surface area contributed by atoms with Crippen molar-refractivity contribution in [1.29, 1.82) is 0 Å². The van der Waals surface area contributed by atoms with E-state index in [0.29, 0.717) is 11.1 Å². The van der Waals surface area contributed by atoms with Crippen molar-refractivity contribution < 1.29 is 26.3 Å². The average Bonchev–Trinajstić information content (AvgIpc) is 3.26. The fourth-order valence-electron chi connectivity index (χ4n) is 3.43. The number of aromatic nitrogens is 2. The largest absolute Gasteiger partial charge is 0.472 e. The van der Waals surface area contributed by atoms with Crippen molar-refractivity contribution in [2.45, 2.75) is 17.7 Å². The molecule has 0 radical (unpaired) electrons. The smallest absolute Gasteiger partial charge is 0.418 e. The third kappa shape index (κ3) is 5.09. The molecule has 0 saturated heterocycles. The van der Waals surface area contributed by atoms with Crippen LogP contribution >= 0.6 is 0 Å². The average molecular weight is 472 g/mol. The van der Waals surface area contributed by atoms with Crippen LogP contribution in [0, 0.1) is 0 Å². The van der Waals surface area contributed by atoms with E-state index in [-0.39, 0.29) is 23.1 Å². The number of sulfone groups is 1. The zero-order valence-electron chi connectivity index (χ0n) is 17.5. The molecule has 0 atom stereocenters. The van der Waals surface area contributed by atoms with Gasteiger partial charge in [0.25, 0.3) is 0 Å². The Balaban J connectivity index is 1.57. The molecule has 0 spiro atoms. The van der Waals surface area contributed by atoms with Crippen LogP contribution in [0.4, 0.5) is 13.2 Å². The van der Waals surface area contributed by atoms with Crippen LogP contribution in [-0.4, -0.2) is 24.2 Å². The molecule has 33 heavy (non-hydrogen) atoms. The van der Waals surface area contributed by atoms with Gasteiger partial charge in [0.1, 0.15) is 12.9 Å². The van der Waals surface area contributed by atoms with Gasteiger partial charge in [-0.3, -0.25) is 0 Å². The minimum Gasteiger partial charge on any atom is -0.472 e. The number of para-hydroxylation sites is 1. The van der Waals surface area contributed by atoms with E-state index < -0.39 is 21.6 Å². The minimum absolute atomic E-state index is 0.00444. The molecule has 0 unspecified atom stereocenters. The maximum absolute atomic E-state index is 13.3. The first kappa shape index (κ1) is 22.6. The normalized spacial score (nSPS) is 12.0. The standard InChI is InChI=1S/C24H19F3N2O3S/c1-33(30,31)22-13-17(11-12-19(22)18-7-3-2-4-8-18)15-32-23-14-29(16-28-23)21-10-6-5-9-20(21)24(25,26)27/h2-14,16H,15H2,1H3. The molecule has 0 amide bonds. The van der Waals surface area contributed by atoms with Gasteiger partial charge in [-0.25, -0.2) is 13.4 Å². The molecule has 4 aromatic rings. The third-order valence-electron chi connectivity index (χ3n) is 4.96. The Kier molecular flexibility index (Phi) is 5.99. The molecule has 0 saturated carbocycles. The quantitative estimate of drug-likeness (QED) is 0.370. The topological polar surface area (TPSA) is 61.2 Å². The second kappa shape index (κ2) is 8.74. The van der Waals surface area contributed by atoms with Crippen LogP contribution < -0.4 is 4.74 Å². The lowest BCUT2D eigenvalue weighted by Gasteiger charge is -2.12. The second-order valence-corrected chi connectivity index (χ2v) is 9.38. The van der Waals surface area contributed by atoms with Crippen molar-refractivity contribution in [2.75, 3.05) is 6.26 Å². The molecule has 0 aliphatic rings. The summed E-state index contributed by atoms with van der Waals surface area (Å²) in [7, 11) is -3.52. The summed E-state index contributed by atoms with van der Waals surface area (Å²) in [4.78, 5) is 4.19.